The number of hydrogen-bond acceptors (Lipinski definition) is 7. The maximum atomic E-state index is 17.0. The minimum atomic E-state index is -0.871. The molecule has 238 valence electrons. The first-order chi connectivity index (χ1) is 22.5. The minimum Gasteiger partial charge on any atom is -0.475 e. The molecule has 3 fully saturated rings. The summed E-state index contributed by atoms with van der Waals surface area (Å²) in [5.41, 5.74) is 4.91. The number of hydrogen-bond donors (Lipinski definition) is 0. The van der Waals surface area contributed by atoms with Gasteiger partial charge in [-0.1, -0.05) is 36.9 Å². The highest BCUT2D eigenvalue weighted by molar-refractivity contribution is 6.00. The molecular formula is C37H41FN6O2. The zero-order valence-electron chi connectivity index (χ0n) is 26.4. The third-order valence-corrected chi connectivity index (χ3v) is 11.1. The van der Waals surface area contributed by atoms with E-state index in [0.29, 0.717) is 43.1 Å². The number of rotatable bonds is 6. The number of aryl methyl sites for hydroxylation is 1. The molecule has 2 unspecified atom stereocenters. The molecule has 1 aromatic carbocycles. The highest BCUT2D eigenvalue weighted by Gasteiger charge is 2.47. The number of piperazine rings is 1. The number of amides is 1. The summed E-state index contributed by atoms with van der Waals surface area (Å²) in [5, 5.41) is 20.3. The number of allylic oxidation sites excluding steroid dienone is 2. The van der Waals surface area contributed by atoms with Crippen LogP contribution in [0.4, 0.5) is 4.39 Å². The lowest BCUT2D eigenvalue weighted by molar-refractivity contribution is -0.130. The topological polar surface area (TPSA) is 96.0 Å². The van der Waals surface area contributed by atoms with E-state index in [9.17, 15) is 15.3 Å². The molecule has 8 nitrogen and oxygen atoms in total. The van der Waals surface area contributed by atoms with Crippen LogP contribution in [0.2, 0.25) is 0 Å². The van der Waals surface area contributed by atoms with Crippen LogP contribution in [0, 0.1) is 28.6 Å². The van der Waals surface area contributed by atoms with Crippen LogP contribution in [0.5, 0.6) is 0 Å². The molecule has 6 aliphatic rings. The summed E-state index contributed by atoms with van der Waals surface area (Å²) in [6, 6.07) is 9.54. The fraction of sp³-hybridized carbons (Fsp3) is 0.514. The number of nitriles is 2. The Bertz CT molecular complexity index is 1630. The van der Waals surface area contributed by atoms with Crippen LogP contribution >= 0.6 is 0 Å². The zero-order chi connectivity index (χ0) is 31.8. The van der Waals surface area contributed by atoms with Crippen molar-refractivity contribution in [2.75, 3.05) is 39.3 Å². The van der Waals surface area contributed by atoms with Gasteiger partial charge in [-0.05, 0) is 87.2 Å². The number of nitrogens with zero attached hydrogens (tertiary/aromatic N) is 6. The SMILES string of the molecule is C=CC(=O)N1CCN(C2=C(C#N)C(OCC34CCCN3CCC4)=NC3C(F)=C(c4cccc5c4CCCC5)C=CC23)C[C@@H]1CC#N. The molecule has 3 atom stereocenters. The van der Waals surface area contributed by atoms with E-state index in [-0.39, 0.29) is 35.6 Å². The minimum absolute atomic E-state index is 0.0657. The molecule has 4 aliphatic heterocycles. The molecule has 4 heterocycles. The van der Waals surface area contributed by atoms with Crippen LogP contribution in [0.15, 0.2) is 65.1 Å². The summed E-state index contributed by atoms with van der Waals surface area (Å²) < 4.78 is 23.5. The zero-order valence-corrected chi connectivity index (χ0v) is 26.4. The van der Waals surface area contributed by atoms with E-state index in [2.05, 4.69) is 34.6 Å². The van der Waals surface area contributed by atoms with Gasteiger partial charge in [-0.2, -0.15) is 10.5 Å². The summed E-state index contributed by atoms with van der Waals surface area (Å²) in [4.78, 5) is 23.8. The number of dihydropyridines is 1. The molecule has 46 heavy (non-hydrogen) atoms. The molecule has 0 spiro atoms. The van der Waals surface area contributed by atoms with Crippen molar-refractivity contribution in [3.05, 3.63) is 76.8 Å². The molecule has 0 N–H and O–H groups in total. The number of ether oxygens (including phenoxy) is 1. The maximum Gasteiger partial charge on any atom is 0.246 e. The fourth-order valence-corrected chi connectivity index (χ4v) is 8.81. The van der Waals surface area contributed by atoms with E-state index >= 15 is 4.39 Å². The maximum absolute atomic E-state index is 17.0. The number of carbonyl (C=O) groups is 1. The second kappa shape index (κ2) is 12.5. The fourth-order valence-electron chi connectivity index (χ4n) is 8.81. The summed E-state index contributed by atoms with van der Waals surface area (Å²) >= 11 is 0. The summed E-state index contributed by atoms with van der Waals surface area (Å²) in [6.45, 7) is 7.31. The molecule has 9 heteroatoms. The smallest absolute Gasteiger partial charge is 0.246 e. The molecule has 2 aliphatic carbocycles. The Hall–Kier alpha value is -4.21. The second-order valence-electron chi connectivity index (χ2n) is 13.5. The summed E-state index contributed by atoms with van der Waals surface area (Å²) in [5.74, 6) is -0.839. The second-order valence-corrected chi connectivity index (χ2v) is 13.5. The molecule has 0 bridgehead atoms. The molecule has 3 saturated heterocycles. The predicted molar refractivity (Wildman–Crippen MR) is 174 cm³/mol. The number of benzene rings is 1. The number of fused-ring (bicyclic) bond motifs is 3. The average molecular weight is 621 g/mol. The number of halogens is 1. The standard InChI is InChI=1S/C37H41FN6O2/c1-2-32(45)44-21-20-42(23-26(44)14-17-39)35-30-13-12-29(28-11-5-9-25-8-3-4-10-27(25)28)33(38)34(30)41-36(31(35)22-40)46-24-37-15-6-18-43(37)19-7-16-37/h2,5,9,11-13,26,30,34H,1,3-4,6-8,10,14-16,18-21,23-24H2/t26-,30?,34?/m0/s1. The van der Waals surface area contributed by atoms with Crippen molar-refractivity contribution in [3.63, 3.8) is 0 Å². The van der Waals surface area contributed by atoms with Gasteiger partial charge in [0.25, 0.3) is 0 Å². The van der Waals surface area contributed by atoms with Crippen LogP contribution < -0.4 is 0 Å². The molecular weight excluding hydrogens is 579 g/mol. The quantitative estimate of drug-likeness (QED) is 0.404. The van der Waals surface area contributed by atoms with Gasteiger partial charge in [-0.15, -0.1) is 0 Å². The van der Waals surface area contributed by atoms with E-state index in [1.54, 1.807) is 4.90 Å². The highest BCUT2D eigenvalue weighted by atomic mass is 19.1. The van der Waals surface area contributed by atoms with Gasteiger partial charge in [-0.25, -0.2) is 9.38 Å². The lowest BCUT2D eigenvalue weighted by Gasteiger charge is -2.45. The van der Waals surface area contributed by atoms with Crippen LogP contribution in [-0.2, 0) is 22.4 Å². The van der Waals surface area contributed by atoms with Crippen molar-refractivity contribution >= 4 is 17.4 Å². The van der Waals surface area contributed by atoms with E-state index in [0.717, 1.165) is 70.0 Å². The van der Waals surface area contributed by atoms with Crippen molar-refractivity contribution in [1.82, 2.24) is 14.7 Å². The van der Waals surface area contributed by atoms with Gasteiger partial charge < -0.3 is 14.5 Å². The Kier molecular flexibility index (Phi) is 8.29. The largest absolute Gasteiger partial charge is 0.475 e. The number of carbonyl (C=O) groups excluding carboxylic acids is 1. The first kappa shape index (κ1) is 30.4. The van der Waals surface area contributed by atoms with E-state index in [1.165, 1.54) is 17.2 Å². The Morgan fingerprint density at radius 1 is 1.13 bits per heavy atom. The lowest BCUT2D eigenvalue weighted by atomic mass is 9.79. The Balaban J connectivity index is 1.28. The Morgan fingerprint density at radius 2 is 1.93 bits per heavy atom. The van der Waals surface area contributed by atoms with Gasteiger partial charge in [0.1, 0.15) is 30.1 Å². The predicted octanol–water partition coefficient (Wildman–Crippen LogP) is 5.25. The summed E-state index contributed by atoms with van der Waals surface area (Å²) in [7, 11) is 0. The Morgan fingerprint density at radius 3 is 2.70 bits per heavy atom. The third-order valence-electron chi connectivity index (χ3n) is 11.1. The average Bonchev–Trinajstić information content (AvgIpc) is 3.67. The monoisotopic (exact) mass is 620 g/mol. The molecule has 0 radical (unpaired) electrons. The van der Waals surface area contributed by atoms with Gasteiger partial charge in [0.05, 0.1) is 24.1 Å². The van der Waals surface area contributed by atoms with Crippen molar-refractivity contribution < 1.29 is 13.9 Å². The molecule has 1 aromatic rings. The lowest BCUT2D eigenvalue weighted by Crippen LogP contribution is -2.56. The van der Waals surface area contributed by atoms with Crippen LogP contribution in [-0.4, -0.2) is 83.5 Å². The van der Waals surface area contributed by atoms with Gasteiger partial charge in [0.15, 0.2) is 0 Å². The van der Waals surface area contributed by atoms with Crippen LogP contribution in [0.1, 0.15) is 61.6 Å². The van der Waals surface area contributed by atoms with E-state index in [4.69, 9.17) is 9.73 Å². The van der Waals surface area contributed by atoms with Gasteiger partial charge >= 0.3 is 0 Å². The first-order valence-corrected chi connectivity index (χ1v) is 16.8. The summed E-state index contributed by atoms with van der Waals surface area (Å²) in [6.07, 6.45) is 13.8. The molecule has 0 aromatic heterocycles. The van der Waals surface area contributed by atoms with Gasteiger partial charge in [0.2, 0.25) is 11.8 Å². The van der Waals surface area contributed by atoms with Crippen LogP contribution in [0.25, 0.3) is 5.57 Å². The number of aliphatic imine (C=N–C) groups is 1. The molecule has 7 rings (SSSR count). The Labute approximate surface area is 270 Å². The first-order valence-electron chi connectivity index (χ1n) is 16.8. The van der Waals surface area contributed by atoms with E-state index in [1.807, 2.05) is 24.3 Å². The normalized spacial score (nSPS) is 26.9. The van der Waals surface area contributed by atoms with E-state index < -0.39 is 12.0 Å². The molecule has 0 saturated carbocycles. The molecule has 1 amide bonds. The van der Waals surface area contributed by atoms with Crippen LogP contribution in [0.3, 0.4) is 0 Å². The van der Waals surface area contributed by atoms with Gasteiger partial charge in [0, 0.05) is 36.8 Å². The van der Waals surface area contributed by atoms with Crippen molar-refractivity contribution in [3.8, 4) is 12.1 Å². The highest BCUT2D eigenvalue weighted by Crippen LogP contribution is 2.44. The van der Waals surface area contributed by atoms with Crippen molar-refractivity contribution in [2.24, 2.45) is 10.9 Å². The van der Waals surface area contributed by atoms with Crippen molar-refractivity contribution in [2.45, 2.75) is 75.4 Å². The van der Waals surface area contributed by atoms with Crippen molar-refractivity contribution in [1.29, 1.82) is 10.5 Å². The van der Waals surface area contributed by atoms with Gasteiger partial charge in [-0.3, -0.25) is 9.69 Å². The third kappa shape index (κ3) is 5.15.